The number of benzene rings is 2. The number of carbonyl (C=O) groups is 1. The molecule has 0 bridgehead atoms. The Balaban J connectivity index is 1.42. The van der Waals surface area contributed by atoms with Gasteiger partial charge in [0.2, 0.25) is 0 Å². The van der Waals surface area contributed by atoms with Gasteiger partial charge in [0.05, 0.1) is 18.6 Å². The lowest BCUT2D eigenvalue weighted by atomic mass is 10.2. The zero-order chi connectivity index (χ0) is 18.9. The van der Waals surface area contributed by atoms with E-state index in [0.717, 1.165) is 36.3 Å². The fourth-order valence-electron chi connectivity index (χ4n) is 2.24. The van der Waals surface area contributed by atoms with Gasteiger partial charge in [0, 0.05) is 0 Å². The minimum atomic E-state index is -0.224. The highest BCUT2D eigenvalue weighted by Crippen LogP contribution is 2.22. The van der Waals surface area contributed by atoms with Crippen LogP contribution in [0.25, 0.3) is 11.1 Å². The summed E-state index contributed by atoms with van der Waals surface area (Å²) in [4.78, 5) is 16.2. The van der Waals surface area contributed by atoms with Crippen LogP contribution in [0.1, 0.15) is 25.3 Å². The summed E-state index contributed by atoms with van der Waals surface area (Å²) in [6.45, 7) is 2.85. The standard InChI is InChI=1S/C20H21N3O3S/c1-2-3-12-25-16-10-8-15(9-11-16)13-21-23-19(24)14-27-20-22-17-6-4-5-7-18(17)26-20/h4-11,13H,2-3,12,14H2,1H3,(H,23,24)/b21-13-. The molecule has 3 rings (SSSR count). The molecule has 0 radical (unpaired) electrons. The number of para-hydroxylation sites is 2. The Morgan fingerprint density at radius 2 is 2.07 bits per heavy atom. The van der Waals surface area contributed by atoms with Crippen molar-refractivity contribution in [2.24, 2.45) is 5.10 Å². The molecular weight excluding hydrogens is 362 g/mol. The summed E-state index contributed by atoms with van der Waals surface area (Å²) in [6.07, 6.45) is 3.74. The van der Waals surface area contributed by atoms with Crippen molar-refractivity contribution in [2.75, 3.05) is 12.4 Å². The Bertz CT molecular complexity index is 873. The van der Waals surface area contributed by atoms with Crippen LogP contribution < -0.4 is 10.2 Å². The van der Waals surface area contributed by atoms with Gasteiger partial charge in [-0.3, -0.25) is 4.79 Å². The van der Waals surface area contributed by atoms with Crippen molar-refractivity contribution in [3.8, 4) is 5.75 Å². The maximum absolute atomic E-state index is 11.9. The Morgan fingerprint density at radius 1 is 1.26 bits per heavy atom. The second kappa shape index (κ2) is 9.78. The first-order valence-electron chi connectivity index (χ1n) is 8.78. The molecule has 0 atom stereocenters. The number of nitrogens with one attached hydrogen (secondary N) is 1. The molecule has 0 aliphatic heterocycles. The van der Waals surface area contributed by atoms with Crippen molar-refractivity contribution >= 4 is 35.0 Å². The van der Waals surface area contributed by atoms with Crippen LogP contribution in [0.5, 0.6) is 5.75 Å². The minimum Gasteiger partial charge on any atom is -0.494 e. The Labute approximate surface area is 162 Å². The molecule has 140 valence electrons. The van der Waals surface area contributed by atoms with Gasteiger partial charge in [-0.1, -0.05) is 37.2 Å². The van der Waals surface area contributed by atoms with Crippen molar-refractivity contribution in [3.63, 3.8) is 0 Å². The van der Waals surface area contributed by atoms with E-state index in [1.165, 1.54) is 11.8 Å². The highest BCUT2D eigenvalue weighted by atomic mass is 32.2. The van der Waals surface area contributed by atoms with Crippen LogP contribution in [0.15, 0.2) is 63.3 Å². The van der Waals surface area contributed by atoms with Gasteiger partial charge in [0.1, 0.15) is 11.3 Å². The molecule has 1 N–H and O–H groups in total. The zero-order valence-electron chi connectivity index (χ0n) is 15.1. The quantitative estimate of drug-likeness (QED) is 0.259. The van der Waals surface area contributed by atoms with E-state index in [-0.39, 0.29) is 11.7 Å². The number of rotatable bonds is 9. The van der Waals surface area contributed by atoms with E-state index in [1.807, 2.05) is 48.5 Å². The largest absolute Gasteiger partial charge is 0.494 e. The molecule has 3 aromatic rings. The summed E-state index contributed by atoms with van der Waals surface area (Å²) in [5.74, 6) is 0.784. The van der Waals surface area contributed by atoms with E-state index in [4.69, 9.17) is 9.15 Å². The average molecular weight is 383 g/mol. The molecule has 0 spiro atoms. The third-order valence-electron chi connectivity index (χ3n) is 3.65. The molecule has 2 aromatic carbocycles. The van der Waals surface area contributed by atoms with E-state index < -0.39 is 0 Å². The number of fused-ring (bicyclic) bond motifs is 1. The van der Waals surface area contributed by atoms with Crippen LogP contribution in [0.2, 0.25) is 0 Å². The topological polar surface area (TPSA) is 76.7 Å². The van der Waals surface area contributed by atoms with Gasteiger partial charge in [0.25, 0.3) is 11.1 Å². The van der Waals surface area contributed by atoms with Gasteiger partial charge in [-0.2, -0.15) is 5.10 Å². The van der Waals surface area contributed by atoms with Crippen molar-refractivity contribution in [1.82, 2.24) is 10.4 Å². The fourth-order valence-corrected chi connectivity index (χ4v) is 2.87. The van der Waals surface area contributed by atoms with Crippen LogP contribution in [0, 0.1) is 0 Å². The molecule has 7 heteroatoms. The maximum atomic E-state index is 11.9. The molecule has 1 aromatic heterocycles. The summed E-state index contributed by atoms with van der Waals surface area (Å²) in [7, 11) is 0. The first-order chi connectivity index (χ1) is 13.2. The molecule has 1 amide bonds. The van der Waals surface area contributed by atoms with Crippen LogP contribution in [-0.4, -0.2) is 29.5 Å². The van der Waals surface area contributed by atoms with Crippen LogP contribution >= 0.6 is 11.8 Å². The number of hydrogen-bond donors (Lipinski definition) is 1. The number of hydrogen-bond acceptors (Lipinski definition) is 6. The second-order valence-corrected chi connectivity index (χ2v) is 6.73. The number of aromatic nitrogens is 1. The number of thioether (sulfide) groups is 1. The van der Waals surface area contributed by atoms with Crippen molar-refractivity contribution < 1.29 is 13.9 Å². The lowest BCUT2D eigenvalue weighted by molar-refractivity contribution is -0.118. The van der Waals surface area contributed by atoms with E-state index in [0.29, 0.717) is 10.8 Å². The Kier molecular flexibility index (Phi) is 6.87. The summed E-state index contributed by atoms with van der Waals surface area (Å²) >= 11 is 1.23. The third kappa shape index (κ3) is 5.86. The minimum absolute atomic E-state index is 0.175. The molecule has 0 saturated carbocycles. The molecule has 27 heavy (non-hydrogen) atoms. The van der Waals surface area contributed by atoms with Crippen molar-refractivity contribution in [3.05, 3.63) is 54.1 Å². The monoisotopic (exact) mass is 383 g/mol. The predicted molar refractivity (Wildman–Crippen MR) is 107 cm³/mol. The molecule has 0 saturated heterocycles. The Hall–Kier alpha value is -2.80. The highest BCUT2D eigenvalue weighted by Gasteiger charge is 2.08. The second-order valence-electron chi connectivity index (χ2n) is 5.80. The van der Waals surface area contributed by atoms with Gasteiger partial charge in [-0.15, -0.1) is 0 Å². The molecule has 1 heterocycles. The molecule has 0 aliphatic carbocycles. The van der Waals surface area contributed by atoms with Crippen LogP contribution in [0.3, 0.4) is 0 Å². The van der Waals surface area contributed by atoms with E-state index in [1.54, 1.807) is 6.21 Å². The number of amides is 1. The third-order valence-corrected chi connectivity index (χ3v) is 4.48. The van der Waals surface area contributed by atoms with Crippen molar-refractivity contribution in [1.29, 1.82) is 0 Å². The number of hydrazone groups is 1. The molecule has 0 aliphatic rings. The van der Waals surface area contributed by atoms with Crippen molar-refractivity contribution in [2.45, 2.75) is 25.0 Å². The average Bonchev–Trinajstić information content (AvgIpc) is 3.11. The Morgan fingerprint density at radius 3 is 2.85 bits per heavy atom. The summed E-state index contributed by atoms with van der Waals surface area (Å²) in [5, 5.41) is 4.44. The molecule has 6 nitrogen and oxygen atoms in total. The van der Waals surface area contributed by atoms with E-state index >= 15 is 0 Å². The first kappa shape index (κ1) is 19.0. The number of oxazole rings is 1. The number of carbonyl (C=O) groups excluding carboxylic acids is 1. The zero-order valence-corrected chi connectivity index (χ0v) is 15.9. The molecule has 0 unspecified atom stereocenters. The lowest BCUT2D eigenvalue weighted by Gasteiger charge is -2.04. The van der Waals surface area contributed by atoms with Gasteiger partial charge in [0.15, 0.2) is 5.58 Å². The summed E-state index contributed by atoms with van der Waals surface area (Å²) < 4.78 is 11.2. The van der Waals surface area contributed by atoms with Gasteiger partial charge < -0.3 is 9.15 Å². The molecule has 0 fully saturated rings. The number of nitrogens with zero attached hydrogens (tertiary/aromatic N) is 2. The molecular formula is C20H21N3O3S. The van der Waals surface area contributed by atoms with Gasteiger partial charge >= 0.3 is 0 Å². The highest BCUT2D eigenvalue weighted by molar-refractivity contribution is 7.99. The predicted octanol–water partition coefficient (Wildman–Crippen LogP) is 4.25. The maximum Gasteiger partial charge on any atom is 0.257 e. The van der Waals surface area contributed by atoms with Gasteiger partial charge in [-0.05, 0) is 48.4 Å². The fraction of sp³-hybridized carbons (Fsp3) is 0.250. The SMILES string of the molecule is CCCCOc1ccc(/C=N\NC(=O)CSc2nc3ccccc3o2)cc1. The van der Waals surface area contributed by atoms with Gasteiger partial charge in [-0.25, -0.2) is 10.4 Å². The van der Waals surface area contributed by atoms with E-state index in [2.05, 4.69) is 22.4 Å². The lowest BCUT2D eigenvalue weighted by Crippen LogP contribution is -2.19. The van der Waals surface area contributed by atoms with Crippen LogP contribution in [0.4, 0.5) is 0 Å². The number of unbranched alkanes of at least 4 members (excludes halogenated alkanes) is 1. The first-order valence-corrected chi connectivity index (χ1v) is 9.76. The number of ether oxygens (including phenoxy) is 1. The van der Waals surface area contributed by atoms with Crippen LogP contribution in [-0.2, 0) is 4.79 Å². The summed E-state index contributed by atoms with van der Waals surface area (Å²) in [5.41, 5.74) is 4.87. The smallest absolute Gasteiger partial charge is 0.257 e. The van der Waals surface area contributed by atoms with E-state index in [9.17, 15) is 4.79 Å². The summed E-state index contributed by atoms with van der Waals surface area (Å²) in [6, 6.07) is 15.1. The normalized spacial score (nSPS) is 11.1.